The second kappa shape index (κ2) is 9.16. The van der Waals surface area contributed by atoms with Crippen LogP contribution in [0.25, 0.3) is 11.4 Å². The molecule has 31 heavy (non-hydrogen) atoms. The van der Waals surface area contributed by atoms with Crippen LogP contribution in [0.15, 0.2) is 48.5 Å². The average Bonchev–Trinajstić information content (AvgIpc) is 2.96. The predicted octanol–water partition coefficient (Wildman–Crippen LogP) is 4.26. The van der Waals surface area contributed by atoms with Gasteiger partial charge in [-0.05, 0) is 44.2 Å². The van der Waals surface area contributed by atoms with E-state index in [4.69, 9.17) is 4.98 Å². The molecule has 6 heteroatoms. The average molecular weight is 417 g/mol. The van der Waals surface area contributed by atoms with Crippen molar-refractivity contribution in [3.05, 3.63) is 71.0 Å². The molecule has 3 aromatic rings. The first-order chi connectivity index (χ1) is 15.0. The summed E-state index contributed by atoms with van der Waals surface area (Å²) in [4.78, 5) is 30.2. The summed E-state index contributed by atoms with van der Waals surface area (Å²) in [6, 6.07) is 15.8. The fourth-order valence-corrected chi connectivity index (χ4v) is 4.15. The molecule has 0 aliphatic carbocycles. The Hall–Kier alpha value is -3.41. The fourth-order valence-electron chi connectivity index (χ4n) is 4.15. The summed E-state index contributed by atoms with van der Waals surface area (Å²) >= 11 is 0. The zero-order valence-electron chi connectivity index (χ0n) is 18.1. The third-order valence-corrected chi connectivity index (χ3v) is 5.77. The van der Waals surface area contributed by atoms with Gasteiger partial charge in [-0.2, -0.15) is 0 Å². The molecule has 4 rings (SSSR count). The van der Waals surface area contributed by atoms with Gasteiger partial charge in [0, 0.05) is 17.8 Å². The molecule has 0 fully saturated rings. The number of carbonyl (C=O) groups is 2. The SMILES string of the molecule is Cc1cccc(C)c1NC(=O)CNC(=O)c1nc(-c2ccccc2)n2c1CCCCC2. The highest BCUT2D eigenvalue weighted by atomic mass is 16.2. The number of para-hydroxylation sites is 1. The van der Waals surface area contributed by atoms with Crippen LogP contribution < -0.4 is 10.6 Å². The Kier molecular flexibility index (Phi) is 6.16. The second-order valence-corrected chi connectivity index (χ2v) is 8.06. The lowest BCUT2D eigenvalue weighted by molar-refractivity contribution is -0.115. The molecule has 0 saturated heterocycles. The Morgan fingerprint density at radius 3 is 2.45 bits per heavy atom. The van der Waals surface area contributed by atoms with E-state index in [1.54, 1.807) is 0 Å². The van der Waals surface area contributed by atoms with Crippen molar-refractivity contribution in [2.24, 2.45) is 0 Å². The molecule has 1 aliphatic rings. The Balaban J connectivity index is 1.52. The Morgan fingerprint density at radius 1 is 0.968 bits per heavy atom. The molecule has 2 amide bonds. The first kappa shape index (κ1) is 20.8. The summed E-state index contributed by atoms with van der Waals surface area (Å²) in [7, 11) is 0. The van der Waals surface area contributed by atoms with Gasteiger partial charge in [0.1, 0.15) is 11.5 Å². The number of anilines is 1. The molecule has 0 radical (unpaired) electrons. The maximum absolute atomic E-state index is 13.0. The summed E-state index contributed by atoms with van der Waals surface area (Å²) in [6.45, 7) is 4.66. The van der Waals surface area contributed by atoms with Gasteiger partial charge >= 0.3 is 0 Å². The molecule has 1 aliphatic heterocycles. The number of benzene rings is 2. The van der Waals surface area contributed by atoms with Crippen molar-refractivity contribution in [2.45, 2.75) is 46.1 Å². The van der Waals surface area contributed by atoms with E-state index in [-0.39, 0.29) is 18.4 Å². The Labute approximate surface area is 182 Å². The van der Waals surface area contributed by atoms with E-state index < -0.39 is 0 Å². The highest BCUT2D eigenvalue weighted by Gasteiger charge is 2.24. The Morgan fingerprint density at radius 2 is 1.71 bits per heavy atom. The molecule has 0 unspecified atom stereocenters. The lowest BCUT2D eigenvalue weighted by Crippen LogP contribution is -2.34. The van der Waals surface area contributed by atoms with Crippen LogP contribution in [0.5, 0.6) is 0 Å². The normalized spacial score (nSPS) is 13.2. The maximum atomic E-state index is 13.0. The van der Waals surface area contributed by atoms with Gasteiger partial charge in [-0.1, -0.05) is 55.0 Å². The Bertz CT molecular complexity index is 1080. The third kappa shape index (κ3) is 4.53. The van der Waals surface area contributed by atoms with Crippen molar-refractivity contribution >= 4 is 17.5 Å². The number of amides is 2. The van der Waals surface area contributed by atoms with E-state index in [0.29, 0.717) is 5.69 Å². The summed E-state index contributed by atoms with van der Waals surface area (Å²) in [5.74, 6) is 0.270. The molecule has 0 spiro atoms. The van der Waals surface area contributed by atoms with E-state index in [1.807, 2.05) is 62.4 Å². The maximum Gasteiger partial charge on any atom is 0.272 e. The zero-order valence-corrected chi connectivity index (χ0v) is 18.1. The van der Waals surface area contributed by atoms with Crippen LogP contribution in [0.3, 0.4) is 0 Å². The van der Waals surface area contributed by atoms with Gasteiger partial charge < -0.3 is 15.2 Å². The minimum absolute atomic E-state index is 0.0976. The number of imidazole rings is 1. The molecule has 0 atom stereocenters. The summed E-state index contributed by atoms with van der Waals surface area (Å²) in [5, 5.41) is 5.68. The molecule has 2 heterocycles. The van der Waals surface area contributed by atoms with Crippen molar-refractivity contribution in [3.8, 4) is 11.4 Å². The summed E-state index contributed by atoms with van der Waals surface area (Å²) in [5.41, 5.74) is 5.17. The van der Waals surface area contributed by atoms with Gasteiger partial charge in [-0.25, -0.2) is 4.98 Å². The lowest BCUT2D eigenvalue weighted by atomic mass is 10.1. The van der Waals surface area contributed by atoms with E-state index in [2.05, 4.69) is 15.2 Å². The smallest absolute Gasteiger partial charge is 0.272 e. The fraction of sp³-hybridized carbons (Fsp3) is 0.320. The van der Waals surface area contributed by atoms with Gasteiger partial charge in [0.05, 0.1) is 12.2 Å². The monoisotopic (exact) mass is 416 g/mol. The van der Waals surface area contributed by atoms with Crippen molar-refractivity contribution in [1.29, 1.82) is 0 Å². The molecule has 1 aromatic heterocycles. The van der Waals surface area contributed by atoms with Crippen molar-refractivity contribution in [3.63, 3.8) is 0 Å². The van der Waals surface area contributed by atoms with Crippen LogP contribution in [-0.4, -0.2) is 27.9 Å². The number of fused-ring (bicyclic) bond motifs is 1. The molecule has 6 nitrogen and oxygen atoms in total. The van der Waals surface area contributed by atoms with Crippen LogP contribution in [-0.2, 0) is 17.8 Å². The van der Waals surface area contributed by atoms with Crippen molar-refractivity contribution < 1.29 is 9.59 Å². The van der Waals surface area contributed by atoms with Gasteiger partial charge in [0.25, 0.3) is 5.91 Å². The van der Waals surface area contributed by atoms with Crippen LogP contribution in [0.4, 0.5) is 5.69 Å². The van der Waals surface area contributed by atoms with E-state index in [1.165, 1.54) is 0 Å². The van der Waals surface area contributed by atoms with Gasteiger partial charge in [0.2, 0.25) is 5.91 Å². The highest BCUT2D eigenvalue weighted by molar-refractivity contribution is 5.99. The van der Waals surface area contributed by atoms with Gasteiger partial charge in [-0.15, -0.1) is 0 Å². The lowest BCUT2D eigenvalue weighted by Gasteiger charge is -2.12. The minimum Gasteiger partial charge on any atom is -0.342 e. The van der Waals surface area contributed by atoms with Crippen LogP contribution in [0, 0.1) is 13.8 Å². The van der Waals surface area contributed by atoms with E-state index >= 15 is 0 Å². The number of hydrogen-bond donors (Lipinski definition) is 2. The van der Waals surface area contributed by atoms with Crippen LogP contribution in [0.1, 0.15) is 46.6 Å². The molecular weight excluding hydrogens is 388 g/mol. The van der Waals surface area contributed by atoms with E-state index in [9.17, 15) is 9.59 Å². The number of aryl methyl sites for hydroxylation is 2. The summed E-state index contributed by atoms with van der Waals surface area (Å²) in [6.07, 6.45) is 4.06. The number of nitrogens with one attached hydrogen (secondary N) is 2. The molecule has 2 aromatic carbocycles. The van der Waals surface area contributed by atoms with E-state index in [0.717, 1.165) is 66.1 Å². The van der Waals surface area contributed by atoms with Gasteiger partial charge in [-0.3, -0.25) is 9.59 Å². The molecule has 0 saturated carbocycles. The standard InChI is InChI=1S/C25H28N4O2/c1-17-10-9-11-18(2)22(17)27-21(30)16-26-25(31)23-20-14-7-4-8-15-29(20)24(28-23)19-12-5-3-6-13-19/h3,5-6,9-13H,4,7-8,14-16H2,1-2H3,(H,26,31)(H,27,30). The number of carbonyl (C=O) groups excluding carboxylic acids is 2. The number of hydrogen-bond acceptors (Lipinski definition) is 3. The third-order valence-electron chi connectivity index (χ3n) is 5.77. The number of rotatable bonds is 5. The number of nitrogens with zero attached hydrogens (tertiary/aromatic N) is 2. The first-order valence-corrected chi connectivity index (χ1v) is 10.8. The number of aromatic nitrogens is 2. The summed E-state index contributed by atoms with van der Waals surface area (Å²) < 4.78 is 2.17. The first-order valence-electron chi connectivity index (χ1n) is 10.8. The quantitative estimate of drug-likeness (QED) is 0.652. The van der Waals surface area contributed by atoms with Crippen molar-refractivity contribution in [1.82, 2.24) is 14.9 Å². The largest absolute Gasteiger partial charge is 0.342 e. The van der Waals surface area contributed by atoms with Crippen LogP contribution in [0.2, 0.25) is 0 Å². The van der Waals surface area contributed by atoms with Crippen LogP contribution >= 0.6 is 0 Å². The zero-order chi connectivity index (χ0) is 21.8. The molecule has 160 valence electrons. The minimum atomic E-state index is -0.301. The molecule has 0 bridgehead atoms. The highest BCUT2D eigenvalue weighted by Crippen LogP contribution is 2.27. The molecule has 2 N–H and O–H groups in total. The van der Waals surface area contributed by atoms with Crippen molar-refractivity contribution in [2.75, 3.05) is 11.9 Å². The predicted molar refractivity (Wildman–Crippen MR) is 122 cm³/mol. The second-order valence-electron chi connectivity index (χ2n) is 8.06. The van der Waals surface area contributed by atoms with Gasteiger partial charge in [0.15, 0.2) is 0 Å². The molecular formula is C25H28N4O2. The topological polar surface area (TPSA) is 76.0 Å².